The van der Waals surface area contributed by atoms with Gasteiger partial charge in [0.25, 0.3) is 0 Å². The number of rotatable bonds is 54. The molecule has 0 aromatic carbocycles. The van der Waals surface area contributed by atoms with E-state index in [2.05, 4.69) is 66.0 Å². The minimum Gasteiger partial charge on any atom is -0.481 e. The van der Waals surface area contributed by atoms with Crippen LogP contribution in [0.3, 0.4) is 0 Å². The average Bonchev–Trinajstić information content (AvgIpc) is 0.882. The van der Waals surface area contributed by atoms with Crippen LogP contribution in [0.2, 0.25) is 0 Å². The fraction of sp³-hybridized carbons (Fsp3) is 0.833. The molecule has 2 atom stereocenters. The number of ketones is 6. The zero-order valence-corrected chi connectivity index (χ0v) is 81.2. The molecule has 0 aliphatic carbocycles. The van der Waals surface area contributed by atoms with Crippen LogP contribution in [0.25, 0.3) is 0 Å². The molecule has 724 valence electrons. The minimum absolute atomic E-state index is 0.00521. The maximum Gasteiger partial charge on any atom is 0.305 e. The molecule has 0 spiro atoms. The number of hydrogen-bond donors (Lipinski definition) is 4. The fourth-order valence-electron chi connectivity index (χ4n) is 14.8. The van der Waals surface area contributed by atoms with Crippen LogP contribution in [-0.4, -0.2) is 276 Å². The first-order chi connectivity index (χ1) is 59.0. The van der Waals surface area contributed by atoms with E-state index in [9.17, 15) is 76.7 Å². The van der Waals surface area contributed by atoms with Gasteiger partial charge in [0.15, 0.2) is 11.6 Å². The topological polar surface area (TPSA) is 394 Å². The van der Waals surface area contributed by atoms with Crippen molar-refractivity contribution in [3.05, 3.63) is 0 Å². The minimum atomic E-state index is -0.924. The number of nitrogens with one attached hydrogen (secondary N) is 2. The quantitative estimate of drug-likeness (QED) is 0.0411. The first-order valence-electron chi connectivity index (χ1n) is 47.2. The molecule has 4 heterocycles. The van der Waals surface area contributed by atoms with E-state index in [4.69, 9.17) is 29.2 Å². The van der Waals surface area contributed by atoms with Gasteiger partial charge in [0.1, 0.15) is 23.1 Å². The zero-order valence-electron chi connectivity index (χ0n) is 81.2. The van der Waals surface area contributed by atoms with E-state index in [0.717, 1.165) is 77.5 Å². The fourth-order valence-corrected chi connectivity index (χ4v) is 14.8. The van der Waals surface area contributed by atoms with Crippen LogP contribution in [0.5, 0.6) is 0 Å². The summed E-state index contributed by atoms with van der Waals surface area (Å²) in [6, 6.07) is -1.17. The van der Waals surface area contributed by atoms with Crippen molar-refractivity contribution in [3.63, 3.8) is 0 Å². The van der Waals surface area contributed by atoms with Gasteiger partial charge in [-0.1, -0.05) is 125 Å². The summed E-state index contributed by atoms with van der Waals surface area (Å²) in [4.78, 5) is 205. The highest BCUT2D eigenvalue weighted by molar-refractivity contribution is 5.93. The van der Waals surface area contributed by atoms with Gasteiger partial charge < -0.3 is 69.2 Å². The van der Waals surface area contributed by atoms with Crippen LogP contribution in [0.4, 0.5) is 0 Å². The van der Waals surface area contributed by atoms with Gasteiger partial charge in [0.2, 0.25) is 47.3 Å². The molecule has 0 aromatic heterocycles. The third-order valence-corrected chi connectivity index (χ3v) is 23.3. The number of carboxylic acids is 2. The second-order valence-corrected chi connectivity index (χ2v) is 39.0. The molecule has 30 nitrogen and oxygen atoms in total. The van der Waals surface area contributed by atoms with E-state index in [1.54, 1.807) is 46.4 Å². The largest absolute Gasteiger partial charge is 0.481 e. The smallest absolute Gasteiger partial charge is 0.305 e. The lowest BCUT2D eigenvalue weighted by atomic mass is 9.86. The summed E-state index contributed by atoms with van der Waals surface area (Å²) in [7, 11) is 0. The molecule has 0 saturated carbocycles. The number of hydrogen-bond acceptors (Lipinski definition) is 20. The highest BCUT2D eigenvalue weighted by Gasteiger charge is 2.35. The number of carbonyl (C=O) groups excluding carboxylic acids is 14. The van der Waals surface area contributed by atoms with Crippen LogP contribution >= 0.6 is 0 Å². The van der Waals surface area contributed by atoms with Crippen molar-refractivity contribution < 1.29 is 106 Å². The number of nitrogens with zero attached hydrogens (tertiary/aromatic N) is 6. The maximum absolute atomic E-state index is 13.2. The summed E-state index contributed by atoms with van der Waals surface area (Å²) < 4.78 is 21.7. The summed E-state index contributed by atoms with van der Waals surface area (Å²) in [6.07, 6.45) is 14.5. The molecule has 30 heteroatoms. The Balaban J connectivity index is 0.000000853. The van der Waals surface area contributed by atoms with Crippen molar-refractivity contribution in [3.8, 4) is 0 Å². The van der Waals surface area contributed by atoms with Crippen LogP contribution < -0.4 is 10.6 Å². The van der Waals surface area contributed by atoms with Crippen molar-refractivity contribution >= 4 is 93.9 Å². The number of carboxylic acid groups (broad SMARTS) is 2. The highest BCUT2D eigenvalue weighted by atomic mass is 16.5. The number of aliphatic carboxylic acids is 2. The van der Waals surface area contributed by atoms with Crippen molar-refractivity contribution in [2.24, 2.45) is 58.2 Å². The molecule has 4 aliphatic rings. The van der Waals surface area contributed by atoms with Crippen molar-refractivity contribution in [1.29, 1.82) is 0 Å². The van der Waals surface area contributed by atoms with Crippen LogP contribution in [0, 0.1) is 58.2 Å². The Morgan fingerprint density at radius 3 is 0.849 bits per heavy atom. The van der Waals surface area contributed by atoms with Crippen molar-refractivity contribution in [2.75, 3.05) is 118 Å². The number of likely N-dealkylation sites (tertiary alicyclic amines) is 4. The summed E-state index contributed by atoms with van der Waals surface area (Å²) in [5.74, 6) is 0.969. The van der Waals surface area contributed by atoms with Crippen molar-refractivity contribution in [2.45, 2.75) is 342 Å². The first-order valence-corrected chi connectivity index (χ1v) is 47.2. The lowest BCUT2D eigenvalue weighted by Gasteiger charge is -2.39. The molecule has 126 heavy (non-hydrogen) atoms. The Bertz CT molecular complexity index is 3310. The average molecular weight is 1790 g/mol. The molecule has 4 rings (SSSR count). The van der Waals surface area contributed by atoms with E-state index < -0.39 is 29.4 Å². The van der Waals surface area contributed by atoms with Gasteiger partial charge in [-0.05, 0) is 126 Å². The molecule has 0 radical (unpaired) electrons. The Morgan fingerprint density at radius 2 is 0.579 bits per heavy atom. The second kappa shape index (κ2) is 63.5. The van der Waals surface area contributed by atoms with E-state index in [1.165, 1.54) is 0 Å². The van der Waals surface area contributed by atoms with Gasteiger partial charge in [0.05, 0.1) is 77.8 Å². The van der Waals surface area contributed by atoms with Crippen LogP contribution in [0.1, 0.15) is 318 Å². The maximum atomic E-state index is 13.2. The summed E-state index contributed by atoms with van der Waals surface area (Å²) in [6.45, 7) is 46.8. The molecule has 4 N–H and O–H groups in total. The predicted octanol–water partition coefficient (Wildman–Crippen LogP) is 12.6. The Morgan fingerprint density at radius 1 is 0.325 bits per heavy atom. The standard InChI is InChI=1S/C28H49N3O8.C26H46N2O7.C22H38N2O4.C20H35NO3/c1-20(2)6-8-25(33)30-13-10-23(11-14-30)31(15-17-39-19-18-38-16-12-27(35)36)26(34)9-7-24(32)29-22(5)28(37)21(3)4;1-20(2)6-8-23(30)27-13-10-21(11-14-27)28(24(31)9-7-22(29)26(3,4)5)15-17-35-19-18-34-16-12-25(32)33;1-15(2)6-9-21(27)24-12-10-18(11-13-24)14-19(25)7-8-20(26)23-17(5)22(28)16(3)4;1-15(2)6-9-19(24)21-12-10-16(11-13-21)14-17(22)7-8-18(23)20(3,4)5/h20-23H,6-19H2,1-5H3,(H,29,32)(H,35,36);20-21H,6-19H2,1-5H3,(H,32,33);15-18H,6-14H2,1-5H3,(H,23,26);15-16H,6-14H2,1-5H3. The van der Waals surface area contributed by atoms with E-state index in [0.29, 0.717) is 165 Å². The number of amides is 8. The summed E-state index contributed by atoms with van der Waals surface area (Å²) in [5, 5.41) is 22.6. The van der Waals surface area contributed by atoms with Gasteiger partial charge in [0, 0.05) is 190 Å². The van der Waals surface area contributed by atoms with Crippen LogP contribution in [0.15, 0.2) is 0 Å². The molecule has 0 bridgehead atoms. The number of carbonyl (C=O) groups is 16. The summed E-state index contributed by atoms with van der Waals surface area (Å²) in [5.41, 5.74) is -0.835. The van der Waals surface area contributed by atoms with Crippen LogP contribution in [-0.2, 0) is 95.7 Å². The molecular weight excluding hydrogens is 1620 g/mol. The number of ether oxygens (including phenoxy) is 4. The molecule has 2 unspecified atom stereocenters. The first kappa shape index (κ1) is 117. The van der Waals surface area contributed by atoms with E-state index in [-0.39, 0.29) is 202 Å². The molecule has 0 aromatic rings. The third-order valence-electron chi connectivity index (χ3n) is 23.3. The van der Waals surface area contributed by atoms with Gasteiger partial charge in [-0.15, -0.1) is 0 Å². The molecule has 4 fully saturated rings. The van der Waals surface area contributed by atoms with E-state index >= 15 is 0 Å². The highest BCUT2D eigenvalue weighted by Crippen LogP contribution is 2.28. The Labute approximate surface area is 755 Å². The Kier molecular flexibility index (Phi) is 58.8. The Hall–Kier alpha value is -7.44. The SMILES string of the molecule is CC(C)CCC(=O)N1CCC(CC(=O)CCC(=O)C(C)(C)C)CC1.CC(C)CCC(=O)N1CCC(CC(=O)CCC(=O)NC(C)C(=O)C(C)C)CC1.CC(C)CCC(=O)N1CCC(N(CCOCCOCCC(=O)O)C(=O)CCC(=O)C(C)(C)C)CC1.CC(C)CCC(=O)N1CCC(N(CCOCCOCCC(=O)O)C(=O)CCC(=O)NC(C)C(=O)C(C)C)CC1. The molecular formula is C96H168N8O22. The normalized spacial score (nSPS) is 15.5. The molecule has 4 aliphatic heterocycles. The molecule has 8 amide bonds. The van der Waals surface area contributed by atoms with E-state index in [1.807, 2.05) is 66.0 Å². The molecule has 4 saturated heterocycles. The number of Topliss-reactive ketones (excluding diaryl/α,β-unsaturated/α-hetero) is 6. The lowest BCUT2D eigenvalue weighted by molar-refractivity contribution is -0.140. The van der Waals surface area contributed by atoms with Crippen molar-refractivity contribution in [1.82, 2.24) is 40.0 Å². The van der Waals surface area contributed by atoms with Gasteiger partial charge in [-0.3, -0.25) is 76.7 Å². The third kappa shape index (κ3) is 53.5. The predicted molar refractivity (Wildman–Crippen MR) is 485 cm³/mol. The number of piperidine rings is 4. The summed E-state index contributed by atoms with van der Waals surface area (Å²) >= 11 is 0. The lowest BCUT2D eigenvalue weighted by Crippen LogP contribution is -2.50. The van der Waals surface area contributed by atoms with Gasteiger partial charge >= 0.3 is 11.9 Å². The monoisotopic (exact) mass is 1790 g/mol. The second-order valence-electron chi connectivity index (χ2n) is 39.0. The zero-order chi connectivity index (χ0) is 95.4. The van der Waals surface area contributed by atoms with Gasteiger partial charge in [-0.2, -0.15) is 0 Å². The van der Waals surface area contributed by atoms with Gasteiger partial charge in [-0.25, -0.2) is 0 Å².